The molecule has 1 N–H and O–H groups in total. The highest BCUT2D eigenvalue weighted by Crippen LogP contribution is 2.24. The number of nitrogens with zero attached hydrogens (tertiary/aromatic N) is 2. The molecule has 0 saturated carbocycles. The largest absolute Gasteiger partial charge is 0.494 e. The predicted octanol–water partition coefficient (Wildman–Crippen LogP) is 2.57. The molecule has 0 aromatic heterocycles. The van der Waals surface area contributed by atoms with Crippen LogP contribution in [0.4, 0.5) is 5.69 Å². The minimum absolute atomic E-state index is 0.108. The fraction of sp³-hybridized carbons (Fsp3) is 0.625. The third-order valence-corrected chi connectivity index (χ3v) is 4.16. The monoisotopic (exact) mass is 307 g/mol. The summed E-state index contributed by atoms with van der Waals surface area (Å²) in [5.74, 6) is 0.722. The van der Waals surface area contributed by atoms with Crippen molar-refractivity contribution >= 4 is 5.69 Å². The molecule has 6 nitrogen and oxygen atoms in total. The molecule has 1 aliphatic rings. The lowest BCUT2D eigenvalue weighted by molar-refractivity contribution is -0.384. The quantitative estimate of drug-likeness (QED) is 0.590. The number of ether oxygens (including phenoxy) is 1. The lowest BCUT2D eigenvalue weighted by Crippen LogP contribution is -2.37. The van der Waals surface area contributed by atoms with E-state index in [0.717, 1.165) is 24.4 Å². The summed E-state index contributed by atoms with van der Waals surface area (Å²) < 4.78 is 5.56. The van der Waals surface area contributed by atoms with Crippen LogP contribution in [-0.4, -0.2) is 42.1 Å². The molecule has 0 amide bonds. The highest BCUT2D eigenvalue weighted by atomic mass is 16.6. The van der Waals surface area contributed by atoms with Gasteiger partial charge >= 0.3 is 0 Å². The van der Waals surface area contributed by atoms with E-state index < -0.39 is 0 Å². The third kappa shape index (κ3) is 4.18. The molecule has 2 rings (SSSR count). The fourth-order valence-corrected chi connectivity index (χ4v) is 3.03. The number of hydrogen-bond acceptors (Lipinski definition) is 5. The first-order valence-corrected chi connectivity index (χ1v) is 8.00. The van der Waals surface area contributed by atoms with Crippen LogP contribution in [0.15, 0.2) is 18.2 Å². The molecule has 1 saturated heterocycles. The zero-order valence-corrected chi connectivity index (χ0v) is 13.4. The van der Waals surface area contributed by atoms with E-state index in [2.05, 4.69) is 17.1 Å². The van der Waals surface area contributed by atoms with Crippen LogP contribution >= 0.6 is 0 Å². The van der Waals surface area contributed by atoms with Gasteiger partial charge in [0.05, 0.1) is 11.5 Å². The van der Waals surface area contributed by atoms with Gasteiger partial charge in [-0.25, -0.2) is 0 Å². The van der Waals surface area contributed by atoms with Crippen molar-refractivity contribution in [3.8, 4) is 5.75 Å². The summed E-state index contributed by atoms with van der Waals surface area (Å²) in [6.45, 7) is 8.39. The van der Waals surface area contributed by atoms with Crippen LogP contribution in [0.25, 0.3) is 0 Å². The average Bonchev–Trinajstić information content (AvgIpc) is 2.96. The number of benzene rings is 1. The van der Waals surface area contributed by atoms with Gasteiger partial charge in [-0.3, -0.25) is 15.0 Å². The number of non-ortho nitro benzene ring substituents is 1. The topological polar surface area (TPSA) is 67.6 Å². The van der Waals surface area contributed by atoms with Crippen LogP contribution in [0.5, 0.6) is 5.75 Å². The third-order valence-electron chi connectivity index (χ3n) is 4.16. The van der Waals surface area contributed by atoms with Crippen molar-refractivity contribution in [1.82, 2.24) is 10.2 Å². The Hall–Kier alpha value is -1.66. The van der Waals surface area contributed by atoms with Gasteiger partial charge in [0.2, 0.25) is 0 Å². The van der Waals surface area contributed by atoms with Gasteiger partial charge in [0.1, 0.15) is 5.75 Å². The minimum atomic E-state index is -0.366. The molecule has 0 aliphatic carbocycles. The zero-order chi connectivity index (χ0) is 15.9. The molecule has 122 valence electrons. The van der Waals surface area contributed by atoms with Crippen molar-refractivity contribution in [3.63, 3.8) is 0 Å². The molecule has 0 radical (unpaired) electrons. The highest BCUT2D eigenvalue weighted by molar-refractivity contribution is 5.43. The first-order chi connectivity index (χ1) is 10.7. The van der Waals surface area contributed by atoms with Gasteiger partial charge in [-0.1, -0.05) is 6.92 Å². The van der Waals surface area contributed by atoms with Gasteiger partial charge < -0.3 is 10.1 Å². The number of nitro groups is 1. The SMILES string of the molecule is CCOc1ccc([N+](=O)[O-])cc1CNCC1CCCN1CC. The maximum atomic E-state index is 10.9. The lowest BCUT2D eigenvalue weighted by atomic mass is 10.1. The van der Waals surface area contributed by atoms with Gasteiger partial charge in [-0.15, -0.1) is 0 Å². The molecule has 0 spiro atoms. The van der Waals surface area contributed by atoms with Crippen LogP contribution in [-0.2, 0) is 6.54 Å². The van der Waals surface area contributed by atoms with Crippen LogP contribution in [0.1, 0.15) is 32.3 Å². The second-order valence-electron chi connectivity index (χ2n) is 5.54. The van der Waals surface area contributed by atoms with E-state index in [9.17, 15) is 10.1 Å². The summed E-state index contributed by atoms with van der Waals surface area (Å²) in [5.41, 5.74) is 0.952. The average molecular weight is 307 g/mol. The van der Waals surface area contributed by atoms with Gasteiger partial charge in [0, 0.05) is 36.8 Å². The Morgan fingerprint density at radius 1 is 1.45 bits per heavy atom. The van der Waals surface area contributed by atoms with Crippen LogP contribution in [0.2, 0.25) is 0 Å². The van der Waals surface area contributed by atoms with Crippen molar-refractivity contribution in [1.29, 1.82) is 0 Å². The fourth-order valence-electron chi connectivity index (χ4n) is 3.03. The maximum absolute atomic E-state index is 10.9. The van der Waals surface area contributed by atoms with E-state index in [4.69, 9.17) is 4.74 Å². The molecule has 0 bridgehead atoms. The Kier molecular flexibility index (Phi) is 6.15. The van der Waals surface area contributed by atoms with Crippen molar-refractivity contribution in [2.45, 2.75) is 39.3 Å². The Morgan fingerprint density at radius 2 is 2.27 bits per heavy atom. The maximum Gasteiger partial charge on any atom is 0.270 e. The Morgan fingerprint density at radius 3 is 2.95 bits per heavy atom. The second-order valence-corrected chi connectivity index (χ2v) is 5.54. The normalized spacial score (nSPS) is 18.5. The number of likely N-dealkylation sites (tertiary alicyclic amines) is 1. The zero-order valence-electron chi connectivity index (χ0n) is 13.4. The Balaban J connectivity index is 1.97. The van der Waals surface area contributed by atoms with Crippen molar-refractivity contribution in [2.24, 2.45) is 0 Å². The summed E-state index contributed by atoms with van der Waals surface area (Å²) >= 11 is 0. The van der Waals surface area contributed by atoms with Crippen molar-refractivity contribution in [2.75, 3.05) is 26.2 Å². The second kappa shape index (κ2) is 8.10. The summed E-state index contributed by atoms with van der Waals surface area (Å²) in [5, 5.41) is 14.4. The molecular formula is C16H25N3O3. The van der Waals surface area contributed by atoms with Gasteiger partial charge in [-0.2, -0.15) is 0 Å². The molecule has 1 heterocycles. The molecule has 6 heteroatoms. The van der Waals surface area contributed by atoms with Crippen LogP contribution in [0.3, 0.4) is 0 Å². The molecule has 1 aliphatic heterocycles. The van der Waals surface area contributed by atoms with Crippen molar-refractivity contribution in [3.05, 3.63) is 33.9 Å². The first-order valence-electron chi connectivity index (χ1n) is 8.00. The molecular weight excluding hydrogens is 282 g/mol. The number of nitro benzene ring substituents is 1. The molecule has 1 aromatic carbocycles. The van der Waals surface area contributed by atoms with Crippen LogP contribution in [0, 0.1) is 10.1 Å². The number of rotatable bonds is 8. The summed E-state index contributed by atoms with van der Waals surface area (Å²) in [6, 6.07) is 5.35. The van der Waals surface area contributed by atoms with Crippen molar-refractivity contribution < 1.29 is 9.66 Å². The summed E-state index contributed by atoms with van der Waals surface area (Å²) in [7, 11) is 0. The highest BCUT2D eigenvalue weighted by Gasteiger charge is 2.22. The van der Waals surface area contributed by atoms with E-state index in [1.54, 1.807) is 12.1 Å². The van der Waals surface area contributed by atoms with E-state index in [1.165, 1.54) is 25.5 Å². The molecule has 1 aromatic rings. The van der Waals surface area contributed by atoms with Crippen LogP contribution < -0.4 is 10.1 Å². The van der Waals surface area contributed by atoms with E-state index in [-0.39, 0.29) is 10.6 Å². The summed E-state index contributed by atoms with van der Waals surface area (Å²) in [6.07, 6.45) is 2.47. The van der Waals surface area contributed by atoms with Gasteiger partial charge in [-0.05, 0) is 38.9 Å². The molecule has 1 fully saturated rings. The number of hydrogen-bond donors (Lipinski definition) is 1. The lowest BCUT2D eigenvalue weighted by Gasteiger charge is -2.23. The molecule has 1 unspecified atom stereocenters. The van der Waals surface area contributed by atoms with E-state index in [1.807, 2.05) is 6.92 Å². The molecule has 22 heavy (non-hydrogen) atoms. The van der Waals surface area contributed by atoms with Gasteiger partial charge in [0.15, 0.2) is 0 Å². The molecule has 1 atom stereocenters. The first kappa shape index (κ1) is 16.7. The number of likely N-dealkylation sites (N-methyl/N-ethyl adjacent to an activating group) is 1. The standard InChI is InChI=1S/C16H25N3O3/c1-3-18-9-5-6-15(18)12-17-11-13-10-14(19(20)21)7-8-16(13)22-4-2/h7-8,10,15,17H,3-6,9,11-12H2,1-2H3. The smallest absolute Gasteiger partial charge is 0.270 e. The predicted molar refractivity (Wildman–Crippen MR) is 86.2 cm³/mol. The Bertz CT molecular complexity index is 507. The number of nitrogens with one attached hydrogen (secondary N) is 1. The van der Waals surface area contributed by atoms with E-state index >= 15 is 0 Å². The minimum Gasteiger partial charge on any atom is -0.494 e. The van der Waals surface area contributed by atoms with E-state index in [0.29, 0.717) is 19.2 Å². The van der Waals surface area contributed by atoms with Gasteiger partial charge in [0.25, 0.3) is 5.69 Å². The summed E-state index contributed by atoms with van der Waals surface area (Å²) in [4.78, 5) is 13.0. The Labute approximate surface area is 131 Å².